The SMILES string of the molecule is O=C(O)CNC(=O)NCc1ccccc1. The molecule has 1 aromatic rings. The van der Waals surface area contributed by atoms with Gasteiger partial charge in [-0.1, -0.05) is 30.3 Å². The Labute approximate surface area is 87.1 Å². The molecular weight excluding hydrogens is 196 g/mol. The number of rotatable bonds is 4. The van der Waals surface area contributed by atoms with Crippen LogP contribution in [0.1, 0.15) is 5.56 Å². The molecule has 0 radical (unpaired) electrons. The molecule has 0 atom stereocenters. The van der Waals surface area contributed by atoms with Crippen molar-refractivity contribution < 1.29 is 14.7 Å². The maximum absolute atomic E-state index is 11.0. The Balaban J connectivity index is 2.26. The first-order chi connectivity index (χ1) is 7.18. The zero-order valence-electron chi connectivity index (χ0n) is 8.06. The molecule has 1 aromatic carbocycles. The Morgan fingerprint density at radius 2 is 1.80 bits per heavy atom. The van der Waals surface area contributed by atoms with E-state index in [1.54, 1.807) is 0 Å². The minimum Gasteiger partial charge on any atom is -0.480 e. The van der Waals surface area contributed by atoms with Crippen LogP contribution in [-0.4, -0.2) is 23.7 Å². The van der Waals surface area contributed by atoms with E-state index in [9.17, 15) is 9.59 Å². The summed E-state index contributed by atoms with van der Waals surface area (Å²) in [6.07, 6.45) is 0. The molecule has 2 amide bonds. The molecule has 0 heterocycles. The van der Waals surface area contributed by atoms with Crippen molar-refractivity contribution in [3.05, 3.63) is 35.9 Å². The van der Waals surface area contributed by atoms with E-state index in [0.717, 1.165) is 5.56 Å². The lowest BCUT2D eigenvalue weighted by molar-refractivity contribution is -0.135. The predicted molar refractivity (Wildman–Crippen MR) is 54.3 cm³/mol. The van der Waals surface area contributed by atoms with Gasteiger partial charge in [0, 0.05) is 6.54 Å². The zero-order valence-corrected chi connectivity index (χ0v) is 8.06. The molecule has 5 nitrogen and oxygen atoms in total. The van der Waals surface area contributed by atoms with Gasteiger partial charge in [-0.05, 0) is 5.56 Å². The number of benzene rings is 1. The fourth-order valence-electron chi connectivity index (χ4n) is 0.997. The number of urea groups is 1. The van der Waals surface area contributed by atoms with Crippen LogP contribution < -0.4 is 10.6 Å². The third kappa shape index (κ3) is 4.66. The molecule has 0 aliphatic carbocycles. The summed E-state index contributed by atoms with van der Waals surface area (Å²) in [4.78, 5) is 21.2. The maximum Gasteiger partial charge on any atom is 0.323 e. The molecule has 1 rings (SSSR count). The van der Waals surface area contributed by atoms with Gasteiger partial charge in [0.15, 0.2) is 0 Å². The van der Waals surface area contributed by atoms with Crippen LogP contribution in [0.5, 0.6) is 0 Å². The average Bonchev–Trinajstić information content (AvgIpc) is 2.25. The second kappa shape index (κ2) is 5.64. The van der Waals surface area contributed by atoms with Crippen LogP contribution in [0.15, 0.2) is 30.3 Å². The van der Waals surface area contributed by atoms with E-state index in [1.807, 2.05) is 30.3 Å². The molecule has 0 aliphatic rings. The Morgan fingerprint density at radius 1 is 1.13 bits per heavy atom. The maximum atomic E-state index is 11.0. The van der Waals surface area contributed by atoms with Crippen LogP contribution in [0, 0.1) is 0 Å². The van der Waals surface area contributed by atoms with Gasteiger partial charge in [-0.15, -0.1) is 0 Å². The number of hydrogen-bond acceptors (Lipinski definition) is 2. The smallest absolute Gasteiger partial charge is 0.323 e. The lowest BCUT2D eigenvalue weighted by atomic mass is 10.2. The molecular formula is C10H12N2O3. The molecule has 80 valence electrons. The van der Waals surface area contributed by atoms with Gasteiger partial charge >= 0.3 is 12.0 Å². The molecule has 0 aliphatic heterocycles. The number of aliphatic carboxylic acids is 1. The number of hydrogen-bond donors (Lipinski definition) is 3. The van der Waals surface area contributed by atoms with E-state index in [2.05, 4.69) is 10.6 Å². The Hall–Kier alpha value is -2.04. The van der Waals surface area contributed by atoms with E-state index in [-0.39, 0.29) is 6.54 Å². The summed E-state index contributed by atoms with van der Waals surface area (Å²) in [6, 6.07) is 8.88. The molecule has 0 spiro atoms. The van der Waals surface area contributed by atoms with E-state index >= 15 is 0 Å². The fourth-order valence-corrected chi connectivity index (χ4v) is 0.997. The van der Waals surface area contributed by atoms with Crippen molar-refractivity contribution in [3.63, 3.8) is 0 Å². The van der Waals surface area contributed by atoms with Gasteiger partial charge < -0.3 is 15.7 Å². The summed E-state index contributed by atoms with van der Waals surface area (Å²) >= 11 is 0. The molecule has 0 unspecified atom stereocenters. The summed E-state index contributed by atoms with van der Waals surface area (Å²) in [5, 5.41) is 13.0. The molecule has 3 N–H and O–H groups in total. The number of nitrogens with one attached hydrogen (secondary N) is 2. The van der Waals surface area contributed by atoms with Gasteiger partial charge in [-0.25, -0.2) is 4.79 Å². The van der Waals surface area contributed by atoms with Crippen LogP contribution in [0.4, 0.5) is 4.79 Å². The first-order valence-electron chi connectivity index (χ1n) is 4.46. The van der Waals surface area contributed by atoms with Crippen molar-refractivity contribution in [2.45, 2.75) is 6.54 Å². The quantitative estimate of drug-likeness (QED) is 0.676. The van der Waals surface area contributed by atoms with Crippen LogP contribution in [0.3, 0.4) is 0 Å². The molecule has 0 fully saturated rings. The summed E-state index contributed by atoms with van der Waals surface area (Å²) in [7, 11) is 0. The number of carbonyl (C=O) groups excluding carboxylic acids is 1. The first-order valence-corrected chi connectivity index (χ1v) is 4.46. The second-order valence-electron chi connectivity index (χ2n) is 2.92. The van der Waals surface area contributed by atoms with Crippen molar-refractivity contribution in [1.29, 1.82) is 0 Å². The average molecular weight is 208 g/mol. The molecule has 0 saturated carbocycles. The standard InChI is InChI=1S/C10H12N2O3/c13-9(14)7-12-10(15)11-6-8-4-2-1-3-5-8/h1-5H,6-7H2,(H,13,14)(H2,11,12,15). The highest BCUT2D eigenvalue weighted by atomic mass is 16.4. The van der Waals surface area contributed by atoms with Crippen LogP contribution in [0.25, 0.3) is 0 Å². The fraction of sp³-hybridized carbons (Fsp3) is 0.200. The zero-order chi connectivity index (χ0) is 11.1. The summed E-state index contributed by atoms with van der Waals surface area (Å²) in [5.41, 5.74) is 0.961. The number of carbonyl (C=O) groups is 2. The Morgan fingerprint density at radius 3 is 2.40 bits per heavy atom. The van der Waals surface area contributed by atoms with E-state index < -0.39 is 12.0 Å². The third-order valence-electron chi connectivity index (χ3n) is 1.70. The monoisotopic (exact) mass is 208 g/mol. The van der Waals surface area contributed by atoms with Gasteiger partial charge in [-0.3, -0.25) is 4.79 Å². The number of carboxylic acids is 1. The van der Waals surface area contributed by atoms with Gasteiger partial charge in [0.25, 0.3) is 0 Å². The summed E-state index contributed by atoms with van der Waals surface area (Å²) in [6.45, 7) is 0.00686. The highest BCUT2D eigenvalue weighted by molar-refractivity contribution is 5.79. The summed E-state index contributed by atoms with van der Waals surface area (Å²) < 4.78 is 0. The van der Waals surface area contributed by atoms with Crippen molar-refractivity contribution in [1.82, 2.24) is 10.6 Å². The Kier molecular flexibility index (Phi) is 4.15. The second-order valence-corrected chi connectivity index (χ2v) is 2.92. The number of carboxylic acid groups (broad SMARTS) is 1. The molecule has 0 saturated heterocycles. The minimum absolute atomic E-state index is 0.374. The highest BCUT2D eigenvalue weighted by Gasteiger charge is 2.01. The molecule has 15 heavy (non-hydrogen) atoms. The van der Waals surface area contributed by atoms with Crippen LogP contribution in [-0.2, 0) is 11.3 Å². The van der Waals surface area contributed by atoms with E-state index in [0.29, 0.717) is 6.54 Å². The lowest BCUT2D eigenvalue weighted by Gasteiger charge is -2.05. The topological polar surface area (TPSA) is 78.4 Å². The van der Waals surface area contributed by atoms with Crippen molar-refractivity contribution >= 4 is 12.0 Å². The summed E-state index contributed by atoms with van der Waals surface area (Å²) in [5.74, 6) is -1.06. The van der Waals surface area contributed by atoms with E-state index in [1.165, 1.54) is 0 Å². The molecule has 0 bridgehead atoms. The first kappa shape index (κ1) is 11.0. The Bertz CT molecular complexity index is 338. The van der Waals surface area contributed by atoms with Gasteiger partial charge in [0.1, 0.15) is 6.54 Å². The minimum atomic E-state index is -1.06. The normalized spacial score (nSPS) is 9.33. The third-order valence-corrected chi connectivity index (χ3v) is 1.70. The van der Waals surface area contributed by atoms with Crippen LogP contribution in [0.2, 0.25) is 0 Å². The highest BCUT2D eigenvalue weighted by Crippen LogP contribution is 1.96. The number of amides is 2. The van der Waals surface area contributed by atoms with Crippen molar-refractivity contribution in [2.24, 2.45) is 0 Å². The van der Waals surface area contributed by atoms with E-state index in [4.69, 9.17) is 5.11 Å². The molecule has 0 aromatic heterocycles. The lowest BCUT2D eigenvalue weighted by Crippen LogP contribution is -2.37. The van der Waals surface area contributed by atoms with Gasteiger partial charge in [-0.2, -0.15) is 0 Å². The predicted octanol–water partition coefficient (Wildman–Crippen LogP) is 0.570. The molecule has 5 heteroatoms. The van der Waals surface area contributed by atoms with Crippen molar-refractivity contribution in [3.8, 4) is 0 Å². The van der Waals surface area contributed by atoms with Gasteiger partial charge in [0.2, 0.25) is 0 Å². The van der Waals surface area contributed by atoms with Crippen LogP contribution >= 0.6 is 0 Å². The van der Waals surface area contributed by atoms with Gasteiger partial charge in [0.05, 0.1) is 0 Å². The largest absolute Gasteiger partial charge is 0.480 e. The van der Waals surface area contributed by atoms with Crippen molar-refractivity contribution in [2.75, 3.05) is 6.54 Å².